The summed E-state index contributed by atoms with van der Waals surface area (Å²) in [5, 5.41) is 0.404. The first kappa shape index (κ1) is 22.4. The van der Waals surface area contributed by atoms with Gasteiger partial charge in [-0.1, -0.05) is 11.6 Å². The van der Waals surface area contributed by atoms with E-state index in [1.165, 1.54) is 20.2 Å². The lowest BCUT2D eigenvalue weighted by molar-refractivity contribution is -0.144. The summed E-state index contributed by atoms with van der Waals surface area (Å²) in [6.45, 7) is 0.169. The molecule has 11 heteroatoms. The maximum atomic E-state index is 12.4. The van der Waals surface area contributed by atoms with Gasteiger partial charge in [0.25, 0.3) is 0 Å². The first-order valence-electron chi connectivity index (χ1n) is 9.78. The molecule has 3 aromatic rings. The van der Waals surface area contributed by atoms with Gasteiger partial charge in [-0.2, -0.15) is 0 Å². The van der Waals surface area contributed by atoms with Gasteiger partial charge in [-0.05, 0) is 35.9 Å². The fraction of sp³-hybridized carbons (Fsp3) is 0.333. The van der Waals surface area contributed by atoms with Crippen LogP contribution in [-0.2, 0) is 39.6 Å². The lowest BCUT2D eigenvalue weighted by atomic mass is 10.2. The molecule has 0 spiro atoms. The minimum Gasteiger partial charge on any atom is -0.461 e. The predicted octanol–water partition coefficient (Wildman–Crippen LogP) is 2.88. The highest BCUT2D eigenvalue weighted by Crippen LogP contribution is 2.39. The van der Waals surface area contributed by atoms with E-state index >= 15 is 0 Å². The van der Waals surface area contributed by atoms with Crippen molar-refractivity contribution < 1.29 is 27.4 Å². The molecule has 0 bridgehead atoms. The highest BCUT2D eigenvalue weighted by atomic mass is 35.5. The molecule has 1 aliphatic rings. The number of hydrogen-bond acceptors (Lipinski definition) is 7. The minimum absolute atomic E-state index is 0.0590. The molecule has 32 heavy (non-hydrogen) atoms. The summed E-state index contributed by atoms with van der Waals surface area (Å²) < 4.78 is 43.7. The average Bonchev–Trinajstić information content (AvgIpc) is 3.35. The van der Waals surface area contributed by atoms with Crippen LogP contribution in [-0.4, -0.2) is 49.1 Å². The Bertz CT molecular complexity index is 1300. The number of rotatable bonds is 7. The summed E-state index contributed by atoms with van der Waals surface area (Å²) in [4.78, 5) is 16.9. The second-order valence-electron chi connectivity index (χ2n) is 7.50. The number of sulfonamides is 1. The van der Waals surface area contributed by atoms with Crippen LogP contribution in [0.5, 0.6) is 11.5 Å². The van der Waals surface area contributed by atoms with Crippen LogP contribution in [0, 0.1) is 0 Å². The number of esters is 1. The van der Waals surface area contributed by atoms with Gasteiger partial charge in [0.2, 0.25) is 16.8 Å². The number of fused-ring (bicyclic) bond motifs is 2. The van der Waals surface area contributed by atoms with E-state index in [1.807, 2.05) is 11.6 Å². The van der Waals surface area contributed by atoms with E-state index in [1.54, 1.807) is 24.3 Å². The standard InChI is InChI=1S/C21H22ClN3O6S/c1-24(2)32(27,28)14-4-5-17-16(10-14)23-19(25(17)3)6-7-20(26)29-11-13-8-15(22)21-18(9-13)30-12-31-21/h4-5,8-10H,6-7,11-12H2,1-3H3. The Labute approximate surface area is 190 Å². The van der Waals surface area contributed by atoms with E-state index < -0.39 is 10.0 Å². The number of carbonyl (C=O) groups is 1. The van der Waals surface area contributed by atoms with E-state index in [4.69, 9.17) is 25.8 Å². The van der Waals surface area contributed by atoms with Gasteiger partial charge in [0.15, 0.2) is 11.5 Å². The first-order chi connectivity index (χ1) is 15.2. The molecule has 2 aromatic carbocycles. The number of ether oxygens (including phenoxy) is 3. The Hall–Kier alpha value is -2.82. The van der Waals surface area contributed by atoms with Crippen molar-refractivity contribution in [1.29, 1.82) is 0 Å². The number of hydrogen-bond donors (Lipinski definition) is 0. The fourth-order valence-electron chi connectivity index (χ4n) is 3.38. The van der Waals surface area contributed by atoms with Gasteiger partial charge in [0.05, 0.1) is 27.4 Å². The molecule has 0 unspecified atom stereocenters. The van der Waals surface area contributed by atoms with Crippen LogP contribution in [0.2, 0.25) is 5.02 Å². The molecule has 0 radical (unpaired) electrons. The lowest BCUT2D eigenvalue weighted by Gasteiger charge is -2.10. The molecule has 0 amide bonds. The van der Waals surface area contributed by atoms with Gasteiger partial charge in [-0.15, -0.1) is 0 Å². The monoisotopic (exact) mass is 479 g/mol. The number of halogens is 1. The highest BCUT2D eigenvalue weighted by Gasteiger charge is 2.20. The quantitative estimate of drug-likeness (QED) is 0.480. The Kier molecular flexibility index (Phi) is 6.02. The Morgan fingerprint density at radius 1 is 1.25 bits per heavy atom. The van der Waals surface area contributed by atoms with Crippen LogP contribution in [0.25, 0.3) is 11.0 Å². The molecule has 0 fully saturated rings. The third-order valence-electron chi connectivity index (χ3n) is 5.16. The second kappa shape index (κ2) is 8.61. The van der Waals surface area contributed by atoms with Crippen molar-refractivity contribution in [2.24, 2.45) is 7.05 Å². The topological polar surface area (TPSA) is 100.0 Å². The fourth-order valence-corrected chi connectivity index (χ4v) is 4.59. The van der Waals surface area contributed by atoms with Crippen molar-refractivity contribution in [3.05, 3.63) is 46.7 Å². The van der Waals surface area contributed by atoms with E-state index in [-0.39, 0.29) is 30.7 Å². The third kappa shape index (κ3) is 4.25. The third-order valence-corrected chi connectivity index (χ3v) is 7.25. The summed E-state index contributed by atoms with van der Waals surface area (Å²) >= 11 is 6.15. The second-order valence-corrected chi connectivity index (χ2v) is 10.1. The predicted molar refractivity (Wildman–Crippen MR) is 117 cm³/mol. The molecule has 170 valence electrons. The molecule has 2 heterocycles. The minimum atomic E-state index is -3.55. The summed E-state index contributed by atoms with van der Waals surface area (Å²) in [6, 6.07) is 8.20. The average molecular weight is 480 g/mol. The van der Waals surface area contributed by atoms with Crippen molar-refractivity contribution in [3.63, 3.8) is 0 Å². The largest absolute Gasteiger partial charge is 0.461 e. The number of carbonyl (C=O) groups excluding carboxylic acids is 1. The summed E-state index contributed by atoms with van der Waals surface area (Å²) in [6.07, 6.45) is 0.472. The first-order valence-corrected chi connectivity index (χ1v) is 11.6. The molecular formula is C21H22ClN3O6S. The van der Waals surface area contributed by atoms with Gasteiger partial charge in [-0.3, -0.25) is 4.79 Å². The molecule has 0 N–H and O–H groups in total. The highest BCUT2D eigenvalue weighted by molar-refractivity contribution is 7.89. The van der Waals surface area contributed by atoms with Gasteiger partial charge in [0, 0.05) is 27.6 Å². The molecule has 1 aliphatic heterocycles. The number of imidazole rings is 1. The maximum absolute atomic E-state index is 12.4. The van der Waals surface area contributed by atoms with Gasteiger partial charge < -0.3 is 18.8 Å². The van der Waals surface area contributed by atoms with E-state index in [2.05, 4.69) is 4.98 Å². The number of aromatic nitrogens is 2. The van der Waals surface area contributed by atoms with Crippen molar-refractivity contribution in [1.82, 2.24) is 13.9 Å². The summed E-state index contributed by atoms with van der Waals surface area (Å²) in [7, 11) is 1.23. The molecule has 1 aromatic heterocycles. The maximum Gasteiger partial charge on any atom is 0.306 e. The van der Waals surface area contributed by atoms with Crippen LogP contribution >= 0.6 is 11.6 Å². The normalized spacial score (nSPS) is 13.2. The zero-order valence-electron chi connectivity index (χ0n) is 17.8. The zero-order chi connectivity index (χ0) is 23.0. The molecule has 0 atom stereocenters. The molecule has 4 rings (SSSR count). The Morgan fingerprint density at radius 3 is 2.78 bits per heavy atom. The van der Waals surface area contributed by atoms with Crippen molar-refractivity contribution in [2.75, 3.05) is 20.9 Å². The van der Waals surface area contributed by atoms with Crippen molar-refractivity contribution >= 4 is 38.6 Å². The molecule has 0 saturated heterocycles. The van der Waals surface area contributed by atoms with Crippen LogP contribution in [0.4, 0.5) is 0 Å². The number of nitrogens with zero attached hydrogens (tertiary/aromatic N) is 3. The Morgan fingerprint density at radius 2 is 2.03 bits per heavy atom. The lowest BCUT2D eigenvalue weighted by Crippen LogP contribution is -2.22. The molecular weight excluding hydrogens is 458 g/mol. The molecule has 0 saturated carbocycles. The van der Waals surface area contributed by atoms with Gasteiger partial charge in [0.1, 0.15) is 12.4 Å². The van der Waals surface area contributed by atoms with Gasteiger partial charge in [-0.25, -0.2) is 17.7 Å². The van der Waals surface area contributed by atoms with Crippen LogP contribution in [0.1, 0.15) is 17.8 Å². The van der Waals surface area contributed by atoms with E-state index in [9.17, 15) is 13.2 Å². The molecule has 0 aliphatic carbocycles. The smallest absolute Gasteiger partial charge is 0.306 e. The van der Waals surface area contributed by atoms with Crippen LogP contribution in [0.15, 0.2) is 35.2 Å². The Balaban J connectivity index is 1.41. The SMILES string of the molecule is CN(C)S(=O)(=O)c1ccc2c(c1)nc(CCC(=O)OCc1cc(Cl)c3c(c1)OCO3)n2C. The van der Waals surface area contributed by atoms with Crippen molar-refractivity contribution in [2.45, 2.75) is 24.3 Å². The van der Waals surface area contributed by atoms with E-state index in [0.29, 0.717) is 39.8 Å². The van der Waals surface area contributed by atoms with Crippen LogP contribution < -0.4 is 9.47 Å². The van der Waals surface area contributed by atoms with E-state index in [0.717, 1.165) is 9.82 Å². The van der Waals surface area contributed by atoms with Crippen molar-refractivity contribution in [3.8, 4) is 11.5 Å². The molecule has 9 nitrogen and oxygen atoms in total. The van der Waals surface area contributed by atoms with Crippen LogP contribution in [0.3, 0.4) is 0 Å². The zero-order valence-corrected chi connectivity index (χ0v) is 19.4. The number of aryl methyl sites for hydroxylation is 2. The van der Waals surface area contributed by atoms with Gasteiger partial charge >= 0.3 is 5.97 Å². The number of benzene rings is 2. The summed E-state index contributed by atoms with van der Waals surface area (Å²) in [5.41, 5.74) is 2.03. The summed E-state index contributed by atoms with van der Waals surface area (Å²) in [5.74, 6) is 1.29.